The number of ether oxygens (including phenoxy) is 4. The Morgan fingerprint density at radius 2 is 2.07 bits per heavy atom. The van der Waals surface area contributed by atoms with Crippen molar-refractivity contribution in [3.63, 3.8) is 0 Å². The number of esters is 1. The molecular weight excluding hydrogens is 350 g/mol. The lowest BCUT2D eigenvalue weighted by molar-refractivity contribution is 0.00929. The number of hydrogen-bond donors (Lipinski definition) is 1. The van der Waals surface area contributed by atoms with Crippen LogP contribution in [0.5, 0.6) is 23.0 Å². The highest BCUT2D eigenvalue weighted by Crippen LogP contribution is 2.51. The van der Waals surface area contributed by atoms with E-state index in [0.29, 0.717) is 22.8 Å². The first-order valence-electron chi connectivity index (χ1n) is 8.82. The summed E-state index contributed by atoms with van der Waals surface area (Å²) in [6.45, 7) is 0.906. The molecule has 140 valence electrons. The Morgan fingerprint density at radius 3 is 2.89 bits per heavy atom. The zero-order valence-corrected chi connectivity index (χ0v) is 15.0. The van der Waals surface area contributed by atoms with Crippen LogP contribution in [0.1, 0.15) is 39.2 Å². The highest BCUT2D eigenvalue weighted by molar-refractivity contribution is 5.98. The maximum atomic E-state index is 12.6. The smallest absolute Gasteiger partial charge is 0.343 e. The topological polar surface area (TPSA) is 77.5 Å². The van der Waals surface area contributed by atoms with E-state index >= 15 is 0 Å². The molecule has 0 aromatic heterocycles. The molecule has 2 atom stereocenters. The molecule has 3 aliphatic rings. The summed E-state index contributed by atoms with van der Waals surface area (Å²) in [6, 6.07) is 7.04. The van der Waals surface area contributed by atoms with Gasteiger partial charge in [0, 0.05) is 12.1 Å². The van der Waals surface area contributed by atoms with Crippen LogP contribution in [0.15, 0.2) is 24.3 Å². The fourth-order valence-electron chi connectivity index (χ4n) is 4.26. The van der Waals surface area contributed by atoms with E-state index < -0.39 is 12.1 Å². The second kappa shape index (κ2) is 5.79. The first-order chi connectivity index (χ1) is 13.1. The Morgan fingerprint density at radius 1 is 1.22 bits per heavy atom. The molecule has 0 bridgehead atoms. The van der Waals surface area contributed by atoms with Gasteiger partial charge in [0.25, 0.3) is 0 Å². The lowest BCUT2D eigenvalue weighted by Gasteiger charge is -2.37. The van der Waals surface area contributed by atoms with E-state index in [-0.39, 0.29) is 18.6 Å². The monoisotopic (exact) mass is 369 g/mol. The molecule has 0 saturated heterocycles. The Kier molecular flexibility index (Phi) is 3.48. The third-order valence-electron chi connectivity index (χ3n) is 5.57. The summed E-state index contributed by atoms with van der Waals surface area (Å²) >= 11 is 0. The number of fused-ring (bicyclic) bond motifs is 4. The van der Waals surface area contributed by atoms with Gasteiger partial charge in [-0.1, -0.05) is 6.07 Å². The number of methoxy groups -OCH3 is 1. The van der Waals surface area contributed by atoms with E-state index in [0.717, 1.165) is 29.7 Å². The number of benzene rings is 2. The summed E-state index contributed by atoms with van der Waals surface area (Å²) in [7, 11) is 3.53. The number of nitrogens with zero attached hydrogens (tertiary/aromatic N) is 1. The largest absolute Gasteiger partial charge is 0.504 e. The molecule has 2 aromatic rings. The number of likely N-dealkylation sites (N-methyl/N-ethyl adjacent to an activating group) is 1. The van der Waals surface area contributed by atoms with Gasteiger partial charge in [-0.05, 0) is 42.8 Å². The fraction of sp³-hybridized carbons (Fsp3) is 0.350. The summed E-state index contributed by atoms with van der Waals surface area (Å²) in [6.07, 6.45) is 0.340. The van der Waals surface area contributed by atoms with E-state index in [1.807, 2.05) is 25.2 Å². The van der Waals surface area contributed by atoms with Crippen molar-refractivity contribution < 1.29 is 28.8 Å². The number of carbonyl (C=O) groups is 1. The van der Waals surface area contributed by atoms with Crippen LogP contribution < -0.4 is 14.2 Å². The number of carbonyl (C=O) groups excluding carboxylic acids is 1. The standard InChI is InChI=1S/C20H19NO6/c1-21-6-5-10-7-15(24-2)13(22)8-12(10)17(21)18-11-3-4-14-19(26-9-25-14)16(11)20(23)27-18/h3-4,7-8,17-18,22H,5-6,9H2,1-2H3/t17-,18-/m1/s1. The quantitative estimate of drug-likeness (QED) is 0.815. The summed E-state index contributed by atoms with van der Waals surface area (Å²) in [5, 5.41) is 10.3. The van der Waals surface area contributed by atoms with Crippen molar-refractivity contribution in [2.24, 2.45) is 0 Å². The maximum Gasteiger partial charge on any atom is 0.343 e. The van der Waals surface area contributed by atoms with Crippen LogP contribution in [0.2, 0.25) is 0 Å². The molecule has 7 heteroatoms. The number of rotatable bonds is 2. The van der Waals surface area contributed by atoms with Crippen LogP contribution in [0.25, 0.3) is 0 Å². The molecule has 3 aliphatic heterocycles. The van der Waals surface area contributed by atoms with Crippen LogP contribution in [-0.2, 0) is 11.2 Å². The van der Waals surface area contributed by atoms with Crippen LogP contribution >= 0.6 is 0 Å². The van der Waals surface area contributed by atoms with Gasteiger partial charge in [0.05, 0.1) is 13.2 Å². The summed E-state index contributed by atoms with van der Waals surface area (Å²) in [5.41, 5.74) is 3.24. The van der Waals surface area contributed by atoms with E-state index in [4.69, 9.17) is 18.9 Å². The minimum atomic E-state index is -0.487. The third-order valence-corrected chi connectivity index (χ3v) is 5.57. The Balaban J connectivity index is 1.63. The molecule has 27 heavy (non-hydrogen) atoms. The average molecular weight is 369 g/mol. The number of aromatic hydroxyl groups is 1. The molecule has 7 nitrogen and oxygen atoms in total. The first kappa shape index (κ1) is 16.3. The van der Waals surface area contributed by atoms with Crippen molar-refractivity contribution in [2.75, 3.05) is 27.5 Å². The van der Waals surface area contributed by atoms with Crippen molar-refractivity contribution in [3.05, 3.63) is 46.5 Å². The van der Waals surface area contributed by atoms with E-state index in [1.54, 1.807) is 6.07 Å². The van der Waals surface area contributed by atoms with E-state index in [2.05, 4.69) is 4.90 Å². The van der Waals surface area contributed by atoms with Gasteiger partial charge in [-0.3, -0.25) is 4.90 Å². The fourth-order valence-corrected chi connectivity index (χ4v) is 4.26. The molecule has 5 rings (SSSR count). The van der Waals surface area contributed by atoms with Crippen LogP contribution in [-0.4, -0.2) is 43.5 Å². The molecule has 0 saturated carbocycles. The van der Waals surface area contributed by atoms with Crippen molar-refractivity contribution in [3.8, 4) is 23.0 Å². The zero-order chi connectivity index (χ0) is 18.7. The first-order valence-corrected chi connectivity index (χ1v) is 8.82. The number of phenolic OH excluding ortho intramolecular Hbond substituents is 1. The van der Waals surface area contributed by atoms with Crippen LogP contribution in [0, 0.1) is 0 Å². The lowest BCUT2D eigenvalue weighted by Crippen LogP contribution is -2.36. The van der Waals surface area contributed by atoms with E-state index in [9.17, 15) is 9.90 Å². The highest BCUT2D eigenvalue weighted by atomic mass is 16.7. The molecule has 0 unspecified atom stereocenters. The Hall–Kier alpha value is -2.93. The maximum absolute atomic E-state index is 12.6. The van der Waals surface area contributed by atoms with Gasteiger partial charge >= 0.3 is 5.97 Å². The molecule has 3 heterocycles. The Bertz CT molecular complexity index is 956. The SMILES string of the molecule is COc1cc2c(cc1O)[C@H]([C@@H]1OC(=O)c3c1ccc1c3OCO1)N(C)CC2. The second-order valence-corrected chi connectivity index (χ2v) is 6.99. The average Bonchev–Trinajstić information content (AvgIpc) is 3.25. The normalized spacial score (nSPS) is 23.0. The van der Waals surface area contributed by atoms with Gasteiger partial charge in [-0.2, -0.15) is 0 Å². The summed E-state index contributed by atoms with van der Waals surface area (Å²) in [5.74, 6) is 1.13. The van der Waals surface area contributed by atoms with Gasteiger partial charge in [0.2, 0.25) is 6.79 Å². The highest BCUT2D eigenvalue weighted by Gasteiger charge is 2.44. The number of hydrogen-bond acceptors (Lipinski definition) is 7. The molecule has 0 spiro atoms. The minimum absolute atomic E-state index is 0.0757. The van der Waals surface area contributed by atoms with E-state index in [1.165, 1.54) is 7.11 Å². The van der Waals surface area contributed by atoms with Crippen LogP contribution in [0.3, 0.4) is 0 Å². The van der Waals surface area contributed by atoms with Crippen molar-refractivity contribution in [1.29, 1.82) is 0 Å². The molecule has 2 aromatic carbocycles. The zero-order valence-electron chi connectivity index (χ0n) is 15.0. The minimum Gasteiger partial charge on any atom is -0.504 e. The lowest BCUT2D eigenvalue weighted by atomic mass is 9.86. The number of phenols is 1. The van der Waals surface area contributed by atoms with Gasteiger partial charge in [-0.25, -0.2) is 4.79 Å². The molecule has 0 amide bonds. The van der Waals surface area contributed by atoms with Gasteiger partial charge in [0.1, 0.15) is 11.7 Å². The number of cyclic esters (lactones) is 1. The molecule has 1 N–H and O–H groups in total. The molecular formula is C20H19NO6. The van der Waals surface area contributed by atoms with Gasteiger partial charge in [0.15, 0.2) is 23.0 Å². The molecule has 0 fully saturated rings. The predicted octanol–water partition coefficient (Wildman–Crippen LogP) is 2.57. The predicted molar refractivity (Wildman–Crippen MR) is 94.5 cm³/mol. The van der Waals surface area contributed by atoms with Crippen molar-refractivity contribution >= 4 is 5.97 Å². The van der Waals surface area contributed by atoms with Crippen LogP contribution in [0.4, 0.5) is 0 Å². The molecule has 0 aliphatic carbocycles. The third kappa shape index (κ3) is 2.28. The summed E-state index contributed by atoms with van der Waals surface area (Å²) < 4.78 is 21.9. The van der Waals surface area contributed by atoms with Crippen molar-refractivity contribution in [1.82, 2.24) is 4.90 Å². The van der Waals surface area contributed by atoms with Gasteiger partial charge in [-0.15, -0.1) is 0 Å². The second-order valence-electron chi connectivity index (χ2n) is 6.99. The van der Waals surface area contributed by atoms with Crippen molar-refractivity contribution in [2.45, 2.75) is 18.6 Å². The summed E-state index contributed by atoms with van der Waals surface area (Å²) in [4.78, 5) is 14.8. The van der Waals surface area contributed by atoms with Gasteiger partial charge < -0.3 is 24.1 Å². The Labute approximate surface area is 156 Å². The molecule has 0 radical (unpaired) electrons.